The summed E-state index contributed by atoms with van der Waals surface area (Å²) in [6, 6.07) is 8.55. The lowest BCUT2D eigenvalue weighted by Gasteiger charge is -2.27. The number of fused-ring (bicyclic) bond motifs is 2. The van der Waals surface area contributed by atoms with Crippen molar-refractivity contribution >= 4 is 73.5 Å². The van der Waals surface area contributed by atoms with Crippen LogP contribution in [0.1, 0.15) is 64.5 Å². The number of hydrogen-bond acceptors (Lipinski definition) is 9. The first-order valence-corrected chi connectivity index (χ1v) is 23.0. The molecule has 0 unspecified atom stereocenters. The van der Waals surface area contributed by atoms with Gasteiger partial charge in [0, 0.05) is 52.0 Å². The fourth-order valence-corrected chi connectivity index (χ4v) is 9.01. The van der Waals surface area contributed by atoms with Crippen molar-refractivity contribution in [2.75, 3.05) is 29.5 Å². The topological polar surface area (TPSA) is 224 Å². The molecule has 0 spiro atoms. The van der Waals surface area contributed by atoms with Crippen LogP contribution in [0.5, 0.6) is 0 Å². The third-order valence-electron chi connectivity index (χ3n) is 9.19. The molecule has 0 amide bonds. The van der Waals surface area contributed by atoms with Crippen LogP contribution in [0, 0.1) is 0 Å². The Morgan fingerprint density at radius 1 is 0.750 bits per heavy atom. The summed E-state index contributed by atoms with van der Waals surface area (Å²) in [6.07, 6.45) is 8.32. The second kappa shape index (κ2) is 15.2. The summed E-state index contributed by atoms with van der Waals surface area (Å²) in [5.74, 6) is -0.830. The molecule has 14 nitrogen and oxygen atoms in total. The first-order chi connectivity index (χ1) is 23.7. The molecule has 0 saturated carbocycles. The predicted octanol–water partition coefficient (Wildman–Crippen LogP) is 5.41. The third-order valence-corrected chi connectivity index (χ3v) is 13.0. The largest absolute Gasteiger partial charge is 0.344 e. The van der Waals surface area contributed by atoms with Crippen molar-refractivity contribution in [3.05, 3.63) is 82.0 Å². The van der Waals surface area contributed by atoms with Crippen molar-refractivity contribution in [3.8, 4) is 0 Å². The minimum absolute atomic E-state index is 0.179. The van der Waals surface area contributed by atoms with Crippen LogP contribution >= 0.6 is 15.9 Å². The molecule has 19 heteroatoms. The lowest BCUT2D eigenvalue weighted by Crippen LogP contribution is -2.28. The molecular formula is C33H42BrN2O12S4+. The van der Waals surface area contributed by atoms with Gasteiger partial charge in [-0.3, -0.25) is 18.2 Å². The number of halogens is 1. The summed E-state index contributed by atoms with van der Waals surface area (Å²) in [5.41, 5.74) is 2.55. The zero-order valence-electron chi connectivity index (χ0n) is 28.9. The molecule has 0 atom stereocenters. The highest BCUT2D eigenvalue weighted by molar-refractivity contribution is 9.11. The number of nitrogens with zero attached hydrogens (tertiary/aromatic N) is 2. The molecule has 52 heavy (non-hydrogen) atoms. The Kier molecular flexibility index (Phi) is 12.3. The fourth-order valence-electron chi connectivity index (χ4n) is 6.59. The highest BCUT2D eigenvalue weighted by atomic mass is 79.9. The van der Waals surface area contributed by atoms with E-state index in [0.717, 1.165) is 11.4 Å². The number of anilines is 1. The smallest absolute Gasteiger partial charge is 0.294 e. The molecule has 0 aromatic heterocycles. The Hall–Kier alpha value is -2.75. The van der Waals surface area contributed by atoms with Crippen LogP contribution in [0.4, 0.5) is 11.4 Å². The summed E-state index contributed by atoms with van der Waals surface area (Å²) >= 11 is 3.59. The maximum Gasteiger partial charge on any atom is 0.294 e. The lowest BCUT2D eigenvalue weighted by molar-refractivity contribution is -0.438. The van der Waals surface area contributed by atoms with Gasteiger partial charge in [-0.05, 0) is 87.2 Å². The molecule has 286 valence electrons. The van der Waals surface area contributed by atoms with Gasteiger partial charge in [0.2, 0.25) is 5.69 Å². The van der Waals surface area contributed by atoms with Crippen LogP contribution in [-0.4, -0.2) is 86.8 Å². The molecule has 0 bridgehead atoms. The summed E-state index contributed by atoms with van der Waals surface area (Å²) in [5, 5.41) is 0. The van der Waals surface area contributed by atoms with Crippen molar-refractivity contribution in [2.24, 2.45) is 0 Å². The van der Waals surface area contributed by atoms with Crippen molar-refractivity contribution in [1.29, 1.82) is 0 Å². The maximum atomic E-state index is 12.0. The minimum atomic E-state index is -4.49. The number of rotatable bonds is 15. The van der Waals surface area contributed by atoms with E-state index in [4.69, 9.17) is 0 Å². The van der Waals surface area contributed by atoms with Gasteiger partial charge in [-0.15, -0.1) is 0 Å². The fraction of sp³-hybridized carbons (Fsp3) is 0.424. The molecule has 4 N–H and O–H groups in total. The van der Waals surface area contributed by atoms with Gasteiger partial charge in [0.1, 0.15) is 6.54 Å². The van der Waals surface area contributed by atoms with E-state index >= 15 is 0 Å². The summed E-state index contributed by atoms with van der Waals surface area (Å²) in [6.45, 7) is 8.22. The van der Waals surface area contributed by atoms with Crippen molar-refractivity contribution < 1.29 is 56.5 Å². The van der Waals surface area contributed by atoms with E-state index in [1.54, 1.807) is 24.3 Å². The highest BCUT2D eigenvalue weighted by Gasteiger charge is 2.45. The van der Waals surface area contributed by atoms with E-state index in [0.29, 0.717) is 52.9 Å². The molecule has 2 aromatic rings. The number of hydrogen-bond donors (Lipinski definition) is 4. The average Bonchev–Trinajstić information content (AvgIpc) is 3.34. The third kappa shape index (κ3) is 9.86. The average molecular weight is 867 g/mol. The first kappa shape index (κ1) is 42.0. The van der Waals surface area contributed by atoms with E-state index in [9.17, 15) is 51.9 Å². The monoisotopic (exact) mass is 865 g/mol. The van der Waals surface area contributed by atoms with Crippen molar-refractivity contribution in [3.63, 3.8) is 0 Å². The zero-order valence-corrected chi connectivity index (χ0v) is 33.7. The zero-order chi connectivity index (χ0) is 39.1. The normalized spacial score (nSPS) is 18.4. The SMILES string of the molecule is CC1(C)C(/C=C/C(Br)=C/C=C2/N(CCCCS(=O)(=O)O)c3ccc(S(=O)(=O)O)cc3C2(C)C)=[N+](CCCCS(=O)(=O)O)c2ccc(S(=O)(=O)O)cc21. The second-order valence-corrected chi connectivity index (χ2v) is 20.6. The standard InChI is InChI=1S/C33H41BrN2O12S4/c1-32(2)26-21-24(51(43,44)45)11-13-28(26)35(17-5-7-19-49(37,38)39)30(32)15-9-23(34)10-16-31-33(3,4)27-22-25(52(46,47)48)12-14-29(27)36(31)18-6-8-20-50(40,41)42/h9-16,21-22H,5-8,17-20H2,1-4H3,(H3-,37,38,39,40,41,42,43,44,45,46,47,48)/p+1. The van der Waals surface area contributed by atoms with Crippen LogP contribution in [0.15, 0.2) is 80.7 Å². The predicted molar refractivity (Wildman–Crippen MR) is 201 cm³/mol. The van der Waals surface area contributed by atoms with Gasteiger partial charge in [-0.2, -0.15) is 38.2 Å². The van der Waals surface area contributed by atoms with Crippen LogP contribution in [0.2, 0.25) is 0 Å². The summed E-state index contributed by atoms with van der Waals surface area (Å²) in [7, 11) is -17.3. The Bertz CT molecular complexity index is 2330. The van der Waals surface area contributed by atoms with Gasteiger partial charge in [0.25, 0.3) is 40.5 Å². The lowest BCUT2D eigenvalue weighted by atomic mass is 9.81. The van der Waals surface area contributed by atoms with E-state index in [1.165, 1.54) is 24.3 Å². The molecule has 0 saturated heterocycles. The van der Waals surface area contributed by atoms with E-state index in [1.807, 2.05) is 49.3 Å². The molecule has 2 aliphatic rings. The van der Waals surface area contributed by atoms with E-state index in [2.05, 4.69) is 15.9 Å². The van der Waals surface area contributed by atoms with Crippen LogP contribution < -0.4 is 4.90 Å². The van der Waals surface area contributed by atoms with Gasteiger partial charge < -0.3 is 4.90 Å². The maximum absolute atomic E-state index is 12.0. The number of allylic oxidation sites excluding steroid dienone is 6. The van der Waals surface area contributed by atoms with E-state index < -0.39 is 62.8 Å². The molecule has 2 aliphatic heterocycles. The van der Waals surface area contributed by atoms with Crippen LogP contribution in [-0.2, 0) is 51.3 Å². The van der Waals surface area contributed by atoms with Gasteiger partial charge >= 0.3 is 0 Å². The van der Waals surface area contributed by atoms with E-state index in [-0.39, 0.29) is 22.6 Å². The molecule has 0 fully saturated rings. The molecule has 0 aliphatic carbocycles. The molecule has 2 heterocycles. The number of unbranched alkanes of at least 4 members (excludes halogenated alkanes) is 2. The van der Waals surface area contributed by atoms with Gasteiger partial charge in [-0.25, -0.2) is 0 Å². The quantitative estimate of drug-likeness (QED) is 0.0762. The number of benzene rings is 2. The second-order valence-electron chi connectivity index (χ2n) is 13.7. The molecule has 2 aromatic carbocycles. The van der Waals surface area contributed by atoms with Crippen molar-refractivity contribution in [1.82, 2.24) is 0 Å². The Morgan fingerprint density at radius 3 is 1.85 bits per heavy atom. The van der Waals surface area contributed by atoms with Crippen LogP contribution in [0.25, 0.3) is 0 Å². The first-order valence-electron chi connectivity index (χ1n) is 16.1. The van der Waals surface area contributed by atoms with Crippen molar-refractivity contribution in [2.45, 2.75) is 74.0 Å². The summed E-state index contributed by atoms with van der Waals surface area (Å²) < 4.78 is 133. The Morgan fingerprint density at radius 2 is 1.29 bits per heavy atom. The van der Waals surface area contributed by atoms with Gasteiger partial charge in [0.15, 0.2) is 5.71 Å². The Balaban J connectivity index is 1.73. The van der Waals surface area contributed by atoms with Gasteiger partial charge in [0.05, 0.1) is 26.7 Å². The van der Waals surface area contributed by atoms with Gasteiger partial charge in [-0.1, -0.05) is 29.8 Å². The summed E-state index contributed by atoms with van der Waals surface area (Å²) in [4.78, 5) is 1.39. The Labute approximate surface area is 313 Å². The minimum Gasteiger partial charge on any atom is -0.344 e. The van der Waals surface area contributed by atoms with Crippen LogP contribution in [0.3, 0.4) is 0 Å². The molecular weight excluding hydrogens is 825 g/mol. The molecule has 4 rings (SSSR count). The highest BCUT2D eigenvalue weighted by Crippen LogP contribution is 2.49. The molecule has 0 radical (unpaired) electrons.